The van der Waals surface area contributed by atoms with E-state index in [4.69, 9.17) is 9.15 Å². The molecule has 122 valence electrons. The van der Waals surface area contributed by atoms with Crippen molar-refractivity contribution in [2.75, 3.05) is 44.3 Å². The molecule has 0 saturated carbocycles. The Hall–Kier alpha value is -2.08. The van der Waals surface area contributed by atoms with Gasteiger partial charge in [-0.3, -0.25) is 4.79 Å². The molecule has 1 aromatic carbocycles. The summed E-state index contributed by atoms with van der Waals surface area (Å²) < 4.78 is 11.2. The van der Waals surface area contributed by atoms with E-state index in [-0.39, 0.29) is 11.8 Å². The normalized spacial score (nSPS) is 22.5. The Kier molecular flexibility index (Phi) is 3.91. The quantitative estimate of drug-likeness (QED) is 0.847. The van der Waals surface area contributed by atoms with Crippen LogP contribution in [0.3, 0.4) is 0 Å². The van der Waals surface area contributed by atoms with E-state index >= 15 is 0 Å². The van der Waals surface area contributed by atoms with Gasteiger partial charge in [-0.25, -0.2) is 0 Å². The maximum atomic E-state index is 12.7. The predicted molar refractivity (Wildman–Crippen MR) is 86.3 cm³/mol. The highest BCUT2D eigenvalue weighted by atomic mass is 16.5. The summed E-state index contributed by atoms with van der Waals surface area (Å²) in [6, 6.07) is 8.40. The Morgan fingerprint density at radius 2 is 2.00 bits per heavy atom. The predicted octanol–water partition coefficient (Wildman–Crippen LogP) is 1.90. The van der Waals surface area contributed by atoms with E-state index in [2.05, 4.69) is 9.88 Å². The minimum Gasteiger partial charge on any atom is -0.423 e. The number of hydrogen-bond acceptors (Lipinski definition) is 5. The molecule has 0 radical (unpaired) electrons. The van der Waals surface area contributed by atoms with Crippen molar-refractivity contribution in [1.29, 1.82) is 0 Å². The topological polar surface area (TPSA) is 58.8 Å². The SMILES string of the molecule is O=C(C1CCCN(c2nc3ccccc3o2)C1)N1CCOCC1. The third-order valence-electron chi connectivity index (χ3n) is 4.65. The van der Waals surface area contributed by atoms with Crippen LogP contribution < -0.4 is 4.90 Å². The van der Waals surface area contributed by atoms with E-state index in [0.29, 0.717) is 38.9 Å². The Balaban J connectivity index is 1.48. The fourth-order valence-electron chi connectivity index (χ4n) is 3.39. The van der Waals surface area contributed by atoms with Gasteiger partial charge in [0.05, 0.1) is 19.1 Å². The number of morpholine rings is 1. The van der Waals surface area contributed by atoms with E-state index in [1.165, 1.54) is 0 Å². The van der Waals surface area contributed by atoms with Crippen LogP contribution in [0.1, 0.15) is 12.8 Å². The van der Waals surface area contributed by atoms with Crippen molar-refractivity contribution in [3.8, 4) is 0 Å². The molecular formula is C17H21N3O3. The first kappa shape index (κ1) is 14.5. The number of rotatable bonds is 2. The lowest BCUT2D eigenvalue weighted by Gasteiger charge is -2.35. The van der Waals surface area contributed by atoms with Crippen LogP contribution in [-0.2, 0) is 9.53 Å². The number of benzene rings is 1. The van der Waals surface area contributed by atoms with E-state index < -0.39 is 0 Å². The Bertz CT molecular complexity index is 660. The van der Waals surface area contributed by atoms with Gasteiger partial charge in [0, 0.05) is 26.2 Å². The number of fused-ring (bicyclic) bond motifs is 1. The highest BCUT2D eigenvalue weighted by Crippen LogP contribution is 2.27. The second kappa shape index (κ2) is 6.20. The van der Waals surface area contributed by atoms with Gasteiger partial charge >= 0.3 is 0 Å². The molecule has 4 rings (SSSR count). The molecule has 0 aliphatic carbocycles. The summed E-state index contributed by atoms with van der Waals surface area (Å²) in [5.41, 5.74) is 1.66. The van der Waals surface area contributed by atoms with Gasteiger partial charge in [0.2, 0.25) is 5.91 Å². The average Bonchev–Trinajstić information content (AvgIpc) is 3.06. The van der Waals surface area contributed by atoms with Gasteiger partial charge in [-0.15, -0.1) is 0 Å². The number of oxazole rings is 1. The van der Waals surface area contributed by atoms with Crippen LogP contribution >= 0.6 is 0 Å². The molecule has 2 aliphatic heterocycles. The van der Waals surface area contributed by atoms with Gasteiger partial charge < -0.3 is 19.0 Å². The molecule has 1 atom stereocenters. The van der Waals surface area contributed by atoms with Crippen molar-refractivity contribution in [1.82, 2.24) is 9.88 Å². The van der Waals surface area contributed by atoms with Crippen molar-refractivity contribution >= 4 is 23.0 Å². The molecule has 6 nitrogen and oxygen atoms in total. The fourth-order valence-corrected chi connectivity index (χ4v) is 3.39. The summed E-state index contributed by atoms with van der Waals surface area (Å²) in [6.07, 6.45) is 1.92. The number of amides is 1. The lowest BCUT2D eigenvalue weighted by molar-refractivity contribution is -0.139. The Morgan fingerprint density at radius 3 is 2.83 bits per heavy atom. The van der Waals surface area contributed by atoms with Crippen LogP contribution in [0.4, 0.5) is 6.01 Å². The van der Waals surface area contributed by atoms with E-state index in [9.17, 15) is 4.79 Å². The third-order valence-corrected chi connectivity index (χ3v) is 4.65. The Morgan fingerprint density at radius 1 is 1.17 bits per heavy atom. The first-order chi connectivity index (χ1) is 11.3. The number of piperidine rings is 1. The number of nitrogens with zero attached hydrogens (tertiary/aromatic N) is 3. The molecule has 1 unspecified atom stereocenters. The molecule has 2 aromatic rings. The largest absolute Gasteiger partial charge is 0.423 e. The monoisotopic (exact) mass is 315 g/mol. The zero-order chi connectivity index (χ0) is 15.6. The van der Waals surface area contributed by atoms with E-state index in [1.54, 1.807) is 0 Å². The summed E-state index contributed by atoms with van der Waals surface area (Å²) >= 11 is 0. The van der Waals surface area contributed by atoms with E-state index in [1.807, 2.05) is 29.2 Å². The maximum absolute atomic E-state index is 12.7. The number of aromatic nitrogens is 1. The first-order valence-corrected chi connectivity index (χ1v) is 8.28. The number of ether oxygens (including phenoxy) is 1. The molecule has 1 aromatic heterocycles. The van der Waals surface area contributed by atoms with Gasteiger partial charge in [0.15, 0.2) is 5.58 Å². The van der Waals surface area contributed by atoms with Crippen LogP contribution in [0.25, 0.3) is 11.1 Å². The first-order valence-electron chi connectivity index (χ1n) is 8.28. The molecular weight excluding hydrogens is 294 g/mol. The molecule has 23 heavy (non-hydrogen) atoms. The summed E-state index contributed by atoms with van der Waals surface area (Å²) in [6.45, 7) is 4.28. The van der Waals surface area contributed by atoms with Gasteiger partial charge in [0.1, 0.15) is 5.52 Å². The van der Waals surface area contributed by atoms with Gasteiger partial charge in [-0.2, -0.15) is 4.98 Å². The number of carbonyl (C=O) groups excluding carboxylic acids is 1. The van der Waals surface area contributed by atoms with Crippen molar-refractivity contribution < 1.29 is 13.9 Å². The summed E-state index contributed by atoms with van der Waals surface area (Å²) in [5, 5.41) is 0. The second-order valence-electron chi connectivity index (χ2n) is 6.19. The molecule has 2 aliphatic rings. The lowest BCUT2D eigenvalue weighted by atomic mass is 9.96. The molecule has 0 bridgehead atoms. The lowest BCUT2D eigenvalue weighted by Crippen LogP contribution is -2.48. The maximum Gasteiger partial charge on any atom is 0.298 e. The molecule has 6 heteroatoms. The summed E-state index contributed by atoms with van der Waals surface area (Å²) in [5.74, 6) is 0.269. The number of carbonyl (C=O) groups is 1. The minimum absolute atomic E-state index is 0.0249. The third kappa shape index (κ3) is 2.91. The van der Waals surface area contributed by atoms with Gasteiger partial charge in [-0.05, 0) is 25.0 Å². The molecule has 1 amide bonds. The molecule has 2 fully saturated rings. The van der Waals surface area contributed by atoms with Crippen molar-refractivity contribution in [2.45, 2.75) is 12.8 Å². The number of hydrogen-bond donors (Lipinski definition) is 0. The number of para-hydroxylation sites is 2. The highest BCUT2D eigenvalue weighted by Gasteiger charge is 2.31. The minimum atomic E-state index is 0.0249. The standard InChI is InChI=1S/C17H21N3O3/c21-16(19-8-10-22-11-9-19)13-4-3-7-20(12-13)17-18-14-5-1-2-6-15(14)23-17/h1-2,5-6,13H,3-4,7-12H2. The van der Waals surface area contributed by atoms with Crippen LogP contribution in [0.2, 0.25) is 0 Å². The van der Waals surface area contributed by atoms with Crippen molar-refractivity contribution in [2.24, 2.45) is 5.92 Å². The van der Waals surface area contributed by atoms with Crippen molar-refractivity contribution in [3.05, 3.63) is 24.3 Å². The van der Waals surface area contributed by atoms with Crippen LogP contribution in [0.15, 0.2) is 28.7 Å². The molecule has 2 saturated heterocycles. The summed E-state index contributed by atoms with van der Waals surface area (Å²) in [4.78, 5) is 21.3. The van der Waals surface area contributed by atoms with Crippen LogP contribution in [-0.4, -0.2) is 55.2 Å². The average molecular weight is 315 g/mol. The molecule has 3 heterocycles. The fraction of sp³-hybridized carbons (Fsp3) is 0.529. The highest BCUT2D eigenvalue weighted by molar-refractivity contribution is 5.80. The van der Waals surface area contributed by atoms with Crippen molar-refractivity contribution in [3.63, 3.8) is 0 Å². The van der Waals surface area contributed by atoms with E-state index in [0.717, 1.165) is 30.5 Å². The zero-order valence-corrected chi connectivity index (χ0v) is 13.1. The second-order valence-corrected chi connectivity index (χ2v) is 6.19. The Labute approximate surface area is 135 Å². The smallest absolute Gasteiger partial charge is 0.298 e. The zero-order valence-electron chi connectivity index (χ0n) is 13.1. The van der Waals surface area contributed by atoms with Crippen LogP contribution in [0.5, 0.6) is 0 Å². The van der Waals surface area contributed by atoms with Gasteiger partial charge in [-0.1, -0.05) is 12.1 Å². The number of anilines is 1. The molecule has 0 spiro atoms. The molecule has 0 N–H and O–H groups in total. The van der Waals surface area contributed by atoms with Crippen LogP contribution in [0, 0.1) is 5.92 Å². The van der Waals surface area contributed by atoms with Gasteiger partial charge in [0.25, 0.3) is 6.01 Å². The summed E-state index contributed by atoms with van der Waals surface area (Å²) in [7, 11) is 0.